The van der Waals surface area contributed by atoms with Gasteiger partial charge >= 0.3 is 0 Å². The molecule has 1 amide bonds. The molecule has 156 valence electrons. The number of piperidine rings is 1. The summed E-state index contributed by atoms with van der Waals surface area (Å²) in [5.74, 6) is 0.866. The summed E-state index contributed by atoms with van der Waals surface area (Å²) in [5, 5.41) is 6.88. The first-order valence-corrected chi connectivity index (χ1v) is 10.4. The van der Waals surface area contributed by atoms with E-state index in [0.29, 0.717) is 12.2 Å². The van der Waals surface area contributed by atoms with Crippen LogP contribution in [0.3, 0.4) is 0 Å². The molecule has 0 aromatic heterocycles. The van der Waals surface area contributed by atoms with Crippen LogP contribution >= 0.6 is 0 Å². The molecule has 1 saturated heterocycles. The van der Waals surface area contributed by atoms with E-state index in [0.717, 1.165) is 24.2 Å². The van der Waals surface area contributed by atoms with Crippen molar-refractivity contribution in [1.82, 2.24) is 10.6 Å². The molecule has 1 fully saturated rings. The van der Waals surface area contributed by atoms with Gasteiger partial charge in [-0.3, -0.25) is 4.79 Å². The molecule has 4 nitrogen and oxygen atoms in total. The van der Waals surface area contributed by atoms with E-state index in [4.69, 9.17) is 4.74 Å². The predicted molar refractivity (Wildman–Crippen MR) is 118 cm³/mol. The van der Waals surface area contributed by atoms with Gasteiger partial charge in [0.1, 0.15) is 12.4 Å². The number of aryl methyl sites for hydroxylation is 2. The fraction of sp³-hybridized carbons (Fsp3) is 0.480. The fourth-order valence-corrected chi connectivity index (χ4v) is 4.63. The molecule has 0 aliphatic carbocycles. The van der Waals surface area contributed by atoms with Crippen LogP contribution < -0.4 is 15.4 Å². The summed E-state index contributed by atoms with van der Waals surface area (Å²) in [4.78, 5) is 12.7. The fourth-order valence-electron chi connectivity index (χ4n) is 4.63. The molecule has 0 radical (unpaired) electrons. The van der Waals surface area contributed by atoms with Crippen molar-refractivity contribution in [2.24, 2.45) is 0 Å². The van der Waals surface area contributed by atoms with Gasteiger partial charge in [0.2, 0.25) is 0 Å². The first-order valence-electron chi connectivity index (χ1n) is 10.4. The van der Waals surface area contributed by atoms with Gasteiger partial charge in [0.05, 0.1) is 0 Å². The number of benzene rings is 2. The van der Waals surface area contributed by atoms with E-state index < -0.39 is 0 Å². The van der Waals surface area contributed by atoms with Gasteiger partial charge in [0.25, 0.3) is 5.91 Å². The van der Waals surface area contributed by atoms with Crippen molar-refractivity contribution in [2.45, 2.75) is 78.1 Å². The van der Waals surface area contributed by atoms with Gasteiger partial charge in [-0.15, -0.1) is 0 Å². The Kier molecular flexibility index (Phi) is 6.04. The topological polar surface area (TPSA) is 50.4 Å². The summed E-state index contributed by atoms with van der Waals surface area (Å²) in [6, 6.07) is 14.1. The summed E-state index contributed by atoms with van der Waals surface area (Å²) >= 11 is 0. The van der Waals surface area contributed by atoms with Crippen LogP contribution in [0.1, 0.15) is 67.6 Å². The number of hydrogen-bond acceptors (Lipinski definition) is 3. The maximum atomic E-state index is 12.7. The summed E-state index contributed by atoms with van der Waals surface area (Å²) in [6.07, 6.45) is 1.84. The van der Waals surface area contributed by atoms with Gasteiger partial charge < -0.3 is 15.4 Å². The Morgan fingerprint density at radius 1 is 1.00 bits per heavy atom. The highest BCUT2D eigenvalue weighted by Crippen LogP contribution is 2.28. The van der Waals surface area contributed by atoms with Crippen molar-refractivity contribution < 1.29 is 9.53 Å². The van der Waals surface area contributed by atoms with Crippen LogP contribution in [-0.4, -0.2) is 23.0 Å². The van der Waals surface area contributed by atoms with E-state index in [9.17, 15) is 4.79 Å². The second-order valence-corrected chi connectivity index (χ2v) is 9.78. The van der Waals surface area contributed by atoms with Crippen molar-refractivity contribution in [3.8, 4) is 5.75 Å². The normalized spacial score (nSPS) is 18.3. The van der Waals surface area contributed by atoms with Gasteiger partial charge in [0.15, 0.2) is 0 Å². The molecular formula is C25H34N2O2. The third-order valence-corrected chi connectivity index (χ3v) is 5.34. The van der Waals surface area contributed by atoms with Crippen molar-refractivity contribution in [2.75, 3.05) is 0 Å². The van der Waals surface area contributed by atoms with E-state index in [1.54, 1.807) is 0 Å². The number of carbonyl (C=O) groups excluding carboxylic acids is 1. The molecule has 4 heteroatoms. The number of rotatable bonds is 5. The summed E-state index contributed by atoms with van der Waals surface area (Å²) in [5.41, 5.74) is 4.14. The summed E-state index contributed by atoms with van der Waals surface area (Å²) < 4.78 is 5.91. The number of ether oxygens (including phenoxy) is 1. The largest absolute Gasteiger partial charge is 0.489 e. The lowest BCUT2D eigenvalue weighted by atomic mass is 9.79. The quantitative estimate of drug-likeness (QED) is 0.757. The zero-order chi connectivity index (χ0) is 21.2. The smallest absolute Gasteiger partial charge is 0.251 e. The van der Waals surface area contributed by atoms with Gasteiger partial charge in [-0.05, 0) is 95.3 Å². The molecule has 0 bridgehead atoms. The molecule has 1 aliphatic rings. The van der Waals surface area contributed by atoms with E-state index in [2.05, 4.69) is 58.2 Å². The highest BCUT2D eigenvalue weighted by atomic mass is 16.5. The maximum Gasteiger partial charge on any atom is 0.251 e. The average Bonchev–Trinajstić information content (AvgIpc) is 2.56. The van der Waals surface area contributed by atoms with Crippen molar-refractivity contribution in [1.29, 1.82) is 0 Å². The number of carbonyl (C=O) groups is 1. The molecule has 0 spiro atoms. The highest BCUT2D eigenvalue weighted by molar-refractivity contribution is 5.94. The average molecular weight is 395 g/mol. The predicted octanol–water partition coefficient (Wildman–Crippen LogP) is 4.92. The summed E-state index contributed by atoms with van der Waals surface area (Å²) in [7, 11) is 0. The Bertz CT molecular complexity index is 833. The standard InChI is InChI=1S/C25H34N2O2/c1-17-11-18(2)13-22(12-17)29-16-19-7-9-20(10-8-19)23(28)26-21-14-24(3,4)27-25(5,6)15-21/h7-13,21,27H,14-16H2,1-6H3,(H,26,28). The minimum atomic E-state index is -0.00900. The van der Waals surface area contributed by atoms with Crippen LogP contribution in [0.4, 0.5) is 0 Å². The monoisotopic (exact) mass is 394 g/mol. The van der Waals surface area contributed by atoms with Gasteiger partial charge in [-0.1, -0.05) is 18.2 Å². The van der Waals surface area contributed by atoms with Crippen LogP contribution in [0.2, 0.25) is 0 Å². The summed E-state index contributed by atoms with van der Waals surface area (Å²) in [6.45, 7) is 13.4. The first kappa shape index (κ1) is 21.4. The van der Waals surface area contributed by atoms with Crippen molar-refractivity contribution >= 4 is 5.91 Å². The number of nitrogens with one attached hydrogen (secondary N) is 2. The Labute approximate surface area is 175 Å². The second kappa shape index (κ2) is 8.19. The Hall–Kier alpha value is -2.33. The van der Waals surface area contributed by atoms with Gasteiger partial charge in [-0.25, -0.2) is 0 Å². The van der Waals surface area contributed by atoms with Crippen LogP contribution in [0.25, 0.3) is 0 Å². The van der Waals surface area contributed by atoms with E-state index in [-0.39, 0.29) is 23.0 Å². The lowest BCUT2D eigenvalue weighted by molar-refractivity contribution is 0.0873. The second-order valence-electron chi connectivity index (χ2n) is 9.78. The molecule has 0 saturated carbocycles. The molecule has 3 rings (SSSR count). The molecule has 0 atom stereocenters. The zero-order valence-electron chi connectivity index (χ0n) is 18.6. The molecule has 0 unspecified atom stereocenters. The van der Waals surface area contributed by atoms with E-state index in [1.165, 1.54) is 11.1 Å². The van der Waals surface area contributed by atoms with Crippen LogP contribution in [0.15, 0.2) is 42.5 Å². The van der Waals surface area contributed by atoms with Gasteiger partial charge in [-0.2, -0.15) is 0 Å². The third kappa shape index (κ3) is 6.07. The molecule has 29 heavy (non-hydrogen) atoms. The Morgan fingerprint density at radius 3 is 2.10 bits per heavy atom. The van der Waals surface area contributed by atoms with Crippen molar-refractivity contribution in [3.05, 3.63) is 64.7 Å². The number of amides is 1. The lowest BCUT2D eigenvalue weighted by Gasteiger charge is -2.46. The minimum Gasteiger partial charge on any atom is -0.489 e. The molecule has 2 aromatic carbocycles. The highest BCUT2D eigenvalue weighted by Gasteiger charge is 2.38. The van der Waals surface area contributed by atoms with Crippen molar-refractivity contribution in [3.63, 3.8) is 0 Å². The third-order valence-electron chi connectivity index (χ3n) is 5.34. The first-order chi connectivity index (χ1) is 13.5. The molecular weight excluding hydrogens is 360 g/mol. The SMILES string of the molecule is Cc1cc(C)cc(OCc2ccc(C(=O)NC3CC(C)(C)NC(C)(C)C3)cc2)c1. The Balaban J connectivity index is 1.58. The molecule has 2 N–H and O–H groups in total. The van der Waals surface area contributed by atoms with Crippen LogP contribution in [0, 0.1) is 13.8 Å². The van der Waals surface area contributed by atoms with E-state index in [1.807, 2.05) is 36.4 Å². The van der Waals surface area contributed by atoms with Crippen LogP contribution in [-0.2, 0) is 6.61 Å². The Morgan fingerprint density at radius 2 is 1.55 bits per heavy atom. The molecule has 1 aliphatic heterocycles. The lowest BCUT2D eigenvalue weighted by Crippen LogP contribution is -2.62. The molecule has 2 aromatic rings. The maximum absolute atomic E-state index is 12.7. The van der Waals surface area contributed by atoms with Gasteiger partial charge in [0, 0.05) is 22.7 Å². The van der Waals surface area contributed by atoms with Crippen LogP contribution in [0.5, 0.6) is 5.75 Å². The zero-order valence-corrected chi connectivity index (χ0v) is 18.6. The molecule has 1 heterocycles. The minimum absolute atomic E-state index is 0.00897. The van der Waals surface area contributed by atoms with E-state index >= 15 is 0 Å². The number of hydrogen-bond donors (Lipinski definition) is 2.